The number of ether oxygens (including phenoxy) is 2. The lowest BCUT2D eigenvalue weighted by Crippen LogP contribution is -2.33. The number of hydrogen-bond donors (Lipinski definition) is 1. The third kappa shape index (κ3) is 5.39. The Bertz CT molecular complexity index is 926. The summed E-state index contributed by atoms with van der Waals surface area (Å²) in [5.41, 5.74) is 0.868. The summed E-state index contributed by atoms with van der Waals surface area (Å²) in [6, 6.07) is 11.4. The van der Waals surface area contributed by atoms with Crippen LogP contribution in [0.2, 0.25) is 0 Å². The van der Waals surface area contributed by atoms with Gasteiger partial charge in [-0.3, -0.25) is 9.36 Å². The van der Waals surface area contributed by atoms with E-state index in [4.69, 9.17) is 13.9 Å². The minimum atomic E-state index is -0.343. The van der Waals surface area contributed by atoms with Crippen LogP contribution in [0, 0.1) is 0 Å². The summed E-state index contributed by atoms with van der Waals surface area (Å²) in [4.78, 5) is 12.3. The fourth-order valence-corrected chi connectivity index (χ4v) is 3.56. The fraction of sp³-hybridized carbons (Fsp3) is 0.350. The summed E-state index contributed by atoms with van der Waals surface area (Å²) in [7, 11) is 3.22. The number of rotatable bonds is 10. The van der Waals surface area contributed by atoms with Crippen LogP contribution in [-0.2, 0) is 16.1 Å². The quantitative estimate of drug-likeness (QED) is 0.401. The van der Waals surface area contributed by atoms with Gasteiger partial charge in [0, 0.05) is 19.2 Å². The third-order valence-electron chi connectivity index (χ3n) is 4.20. The van der Waals surface area contributed by atoms with Crippen LogP contribution in [0.4, 0.5) is 0 Å². The van der Waals surface area contributed by atoms with Gasteiger partial charge in [-0.2, -0.15) is 0 Å². The van der Waals surface area contributed by atoms with Crippen LogP contribution in [0.3, 0.4) is 0 Å². The van der Waals surface area contributed by atoms with Crippen LogP contribution in [0.15, 0.2) is 52.2 Å². The lowest BCUT2D eigenvalue weighted by Gasteiger charge is -2.13. The highest BCUT2D eigenvalue weighted by Gasteiger charge is 2.21. The number of benzene rings is 1. The topological polar surface area (TPSA) is 91.4 Å². The van der Waals surface area contributed by atoms with E-state index in [2.05, 4.69) is 15.5 Å². The summed E-state index contributed by atoms with van der Waals surface area (Å²) in [5.74, 6) is 2.10. The summed E-state index contributed by atoms with van der Waals surface area (Å²) in [6.45, 7) is 3.23. The summed E-state index contributed by atoms with van der Waals surface area (Å²) in [6.07, 6.45) is 1.63. The average molecular weight is 417 g/mol. The van der Waals surface area contributed by atoms with E-state index in [0.717, 1.165) is 17.1 Å². The number of amides is 1. The molecule has 0 aliphatic heterocycles. The van der Waals surface area contributed by atoms with E-state index in [0.29, 0.717) is 30.7 Å². The molecule has 0 spiro atoms. The van der Waals surface area contributed by atoms with Crippen molar-refractivity contribution < 1.29 is 18.7 Å². The molecule has 0 saturated heterocycles. The number of carbonyl (C=O) groups is 1. The molecule has 3 aromatic rings. The first-order valence-electron chi connectivity index (χ1n) is 9.15. The Morgan fingerprint density at radius 1 is 1.28 bits per heavy atom. The predicted octanol–water partition coefficient (Wildman–Crippen LogP) is 2.84. The van der Waals surface area contributed by atoms with Gasteiger partial charge in [0.1, 0.15) is 11.5 Å². The van der Waals surface area contributed by atoms with Crippen LogP contribution >= 0.6 is 11.8 Å². The van der Waals surface area contributed by atoms with Gasteiger partial charge in [0.05, 0.1) is 31.8 Å². The van der Waals surface area contributed by atoms with Gasteiger partial charge < -0.3 is 19.2 Å². The Morgan fingerprint density at radius 3 is 2.86 bits per heavy atom. The van der Waals surface area contributed by atoms with Gasteiger partial charge in [0.2, 0.25) is 5.91 Å². The van der Waals surface area contributed by atoms with E-state index in [9.17, 15) is 4.79 Å². The Kier molecular flexibility index (Phi) is 7.31. The van der Waals surface area contributed by atoms with Gasteiger partial charge in [-0.1, -0.05) is 23.9 Å². The minimum absolute atomic E-state index is 0.0810. The first-order chi connectivity index (χ1) is 14.1. The lowest BCUT2D eigenvalue weighted by molar-refractivity contribution is -0.120. The molecule has 1 N–H and O–H groups in total. The molecule has 9 heteroatoms. The summed E-state index contributed by atoms with van der Waals surface area (Å²) >= 11 is 1.35. The van der Waals surface area contributed by atoms with Gasteiger partial charge in [-0.25, -0.2) is 0 Å². The molecular formula is C20H24N4O4S. The number of methoxy groups -OCH3 is 2. The number of nitrogens with one attached hydrogen (secondary N) is 1. The highest BCUT2D eigenvalue weighted by molar-refractivity contribution is 8.00. The van der Waals surface area contributed by atoms with Crippen molar-refractivity contribution in [1.82, 2.24) is 20.1 Å². The van der Waals surface area contributed by atoms with Crippen LogP contribution in [0.5, 0.6) is 5.75 Å². The Morgan fingerprint density at radius 2 is 2.14 bits per heavy atom. The number of aromatic nitrogens is 3. The van der Waals surface area contributed by atoms with Gasteiger partial charge in [-0.15, -0.1) is 10.2 Å². The molecule has 0 fully saturated rings. The molecule has 154 valence electrons. The van der Waals surface area contributed by atoms with E-state index in [1.54, 1.807) is 20.5 Å². The Hall–Kier alpha value is -2.78. The number of hydrogen-bond acceptors (Lipinski definition) is 7. The molecule has 0 radical (unpaired) electrons. The highest BCUT2D eigenvalue weighted by atomic mass is 32.2. The standard InChI is InChI=1S/C20H24N4O4S/c1-14(19(25)21-9-11-26-2)29-20-23-22-18(15-6-4-7-16(12-15)27-3)24(20)13-17-8-5-10-28-17/h4-8,10,12,14H,9,11,13H2,1-3H3,(H,21,25)/t14-/m0/s1. The average Bonchev–Trinajstić information content (AvgIpc) is 3.39. The van der Waals surface area contributed by atoms with E-state index in [1.807, 2.05) is 47.9 Å². The van der Waals surface area contributed by atoms with Gasteiger partial charge in [0.15, 0.2) is 11.0 Å². The van der Waals surface area contributed by atoms with E-state index >= 15 is 0 Å². The maximum atomic E-state index is 12.3. The van der Waals surface area contributed by atoms with Crippen LogP contribution < -0.4 is 10.1 Å². The maximum absolute atomic E-state index is 12.3. The summed E-state index contributed by atoms with van der Waals surface area (Å²) in [5, 5.41) is 11.8. The lowest BCUT2D eigenvalue weighted by atomic mass is 10.2. The van der Waals surface area contributed by atoms with Crippen LogP contribution in [0.25, 0.3) is 11.4 Å². The molecule has 1 amide bonds. The fourth-order valence-electron chi connectivity index (χ4n) is 2.68. The largest absolute Gasteiger partial charge is 0.497 e. The number of furan rings is 1. The molecule has 1 atom stereocenters. The number of nitrogens with zero attached hydrogens (tertiary/aromatic N) is 3. The van der Waals surface area contributed by atoms with Crippen molar-refractivity contribution in [2.45, 2.75) is 23.9 Å². The van der Waals surface area contributed by atoms with Crippen LogP contribution in [0.1, 0.15) is 12.7 Å². The Labute approximate surface area is 173 Å². The second-order valence-corrected chi connectivity index (χ2v) is 7.56. The SMILES string of the molecule is COCCNC(=O)[C@H](C)Sc1nnc(-c2cccc(OC)c2)n1Cc1ccco1. The molecule has 0 aliphatic rings. The molecule has 8 nitrogen and oxygen atoms in total. The maximum Gasteiger partial charge on any atom is 0.233 e. The van der Waals surface area contributed by atoms with E-state index in [-0.39, 0.29) is 11.2 Å². The molecule has 0 saturated carbocycles. The van der Waals surface area contributed by atoms with Gasteiger partial charge in [0.25, 0.3) is 0 Å². The zero-order chi connectivity index (χ0) is 20.6. The molecule has 3 rings (SSSR count). The molecule has 29 heavy (non-hydrogen) atoms. The minimum Gasteiger partial charge on any atom is -0.497 e. The predicted molar refractivity (Wildman–Crippen MR) is 110 cm³/mol. The van der Waals surface area contributed by atoms with Crippen molar-refractivity contribution in [3.63, 3.8) is 0 Å². The number of thioether (sulfide) groups is 1. The second kappa shape index (κ2) is 10.1. The van der Waals surface area contributed by atoms with Crippen molar-refractivity contribution in [2.75, 3.05) is 27.4 Å². The van der Waals surface area contributed by atoms with Crippen molar-refractivity contribution in [3.05, 3.63) is 48.4 Å². The molecule has 2 aromatic heterocycles. The Balaban J connectivity index is 1.86. The van der Waals surface area contributed by atoms with Crippen LogP contribution in [-0.4, -0.2) is 53.3 Å². The van der Waals surface area contributed by atoms with Crippen molar-refractivity contribution in [2.24, 2.45) is 0 Å². The smallest absolute Gasteiger partial charge is 0.233 e. The zero-order valence-corrected chi connectivity index (χ0v) is 17.4. The first-order valence-corrected chi connectivity index (χ1v) is 10.0. The molecule has 1 aromatic carbocycles. The third-order valence-corrected chi connectivity index (χ3v) is 5.28. The van der Waals surface area contributed by atoms with Crippen molar-refractivity contribution in [3.8, 4) is 17.1 Å². The van der Waals surface area contributed by atoms with E-state index in [1.165, 1.54) is 11.8 Å². The zero-order valence-electron chi connectivity index (χ0n) is 16.6. The molecule has 0 aliphatic carbocycles. The van der Waals surface area contributed by atoms with Gasteiger partial charge in [-0.05, 0) is 31.2 Å². The normalized spacial score (nSPS) is 12.0. The van der Waals surface area contributed by atoms with Gasteiger partial charge >= 0.3 is 0 Å². The molecular weight excluding hydrogens is 392 g/mol. The van der Waals surface area contributed by atoms with Crippen molar-refractivity contribution in [1.29, 1.82) is 0 Å². The summed E-state index contributed by atoms with van der Waals surface area (Å²) < 4.78 is 17.8. The first kappa shape index (κ1) is 20.9. The van der Waals surface area contributed by atoms with Crippen molar-refractivity contribution >= 4 is 17.7 Å². The molecule has 0 unspecified atom stereocenters. The second-order valence-electron chi connectivity index (χ2n) is 6.25. The highest BCUT2D eigenvalue weighted by Crippen LogP contribution is 2.29. The number of carbonyl (C=O) groups excluding carboxylic acids is 1. The monoisotopic (exact) mass is 416 g/mol. The van der Waals surface area contributed by atoms with E-state index < -0.39 is 0 Å². The molecule has 0 bridgehead atoms. The molecule has 2 heterocycles.